The molecule has 1 aromatic heterocycles. The molecule has 11 heavy (non-hydrogen) atoms. The molecule has 0 atom stereocenters. The Bertz CT molecular complexity index is 277. The van der Waals surface area contributed by atoms with Crippen LogP contribution in [0.5, 0.6) is 0 Å². The lowest BCUT2D eigenvalue weighted by molar-refractivity contribution is 1.31. The molecule has 0 saturated carbocycles. The van der Waals surface area contributed by atoms with Crippen molar-refractivity contribution in [3.05, 3.63) is 42.4 Å². The van der Waals surface area contributed by atoms with Crippen LogP contribution in [0.2, 0.25) is 0 Å². The minimum Gasteiger partial charge on any atom is -0.405 e. The van der Waals surface area contributed by atoms with E-state index in [0.717, 1.165) is 11.1 Å². The molecule has 0 radical (unpaired) electrons. The fraction of sp³-hybridized carbons (Fsp3) is 0. The monoisotopic (exact) mass is 146 g/mol. The number of rotatable bonds is 2. The summed E-state index contributed by atoms with van der Waals surface area (Å²) >= 11 is 0. The van der Waals surface area contributed by atoms with E-state index >= 15 is 0 Å². The third-order valence-electron chi connectivity index (χ3n) is 1.38. The maximum atomic E-state index is 5.25. The van der Waals surface area contributed by atoms with Crippen LogP contribution in [0.1, 0.15) is 11.1 Å². The number of hydrogen-bond acceptors (Lipinski definition) is 2. The van der Waals surface area contributed by atoms with Crippen molar-refractivity contribution in [1.82, 2.24) is 4.98 Å². The Labute approximate surface area is 66.1 Å². The van der Waals surface area contributed by atoms with Crippen LogP contribution in [0.25, 0.3) is 12.2 Å². The van der Waals surface area contributed by atoms with Crippen molar-refractivity contribution in [2.24, 2.45) is 5.73 Å². The number of nitrogens with zero attached hydrogens (tertiary/aromatic N) is 1. The lowest BCUT2D eigenvalue weighted by Crippen LogP contribution is -1.83. The van der Waals surface area contributed by atoms with Gasteiger partial charge in [0.05, 0.1) is 0 Å². The zero-order chi connectivity index (χ0) is 8.10. The lowest BCUT2D eigenvalue weighted by Gasteiger charge is -1.96. The summed E-state index contributed by atoms with van der Waals surface area (Å²) in [6.45, 7) is 3.66. The molecular weight excluding hydrogens is 136 g/mol. The Kier molecular flexibility index (Phi) is 2.44. The van der Waals surface area contributed by atoms with Crippen LogP contribution in [-0.2, 0) is 0 Å². The second-order valence-electron chi connectivity index (χ2n) is 2.07. The molecule has 0 fully saturated rings. The number of nitrogens with two attached hydrogens (primary N) is 1. The van der Waals surface area contributed by atoms with Gasteiger partial charge in [0.25, 0.3) is 0 Å². The zero-order valence-electron chi connectivity index (χ0n) is 6.20. The fourth-order valence-corrected chi connectivity index (χ4v) is 0.843. The van der Waals surface area contributed by atoms with Gasteiger partial charge in [-0.05, 0) is 29.5 Å². The highest BCUT2D eigenvalue weighted by Gasteiger charge is 1.91. The molecule has 2 nitrogen and oxygen atoms in total. The van der Waals surface area contributed by atoms with E-state index in [0.29, 0.717) is 0 Å². The Balaban J connectivity index is 3.11. The van der Waals surface area contributed by atoms with Crippen LogP contribution in [0.15, 0.2) is 31.2 Å². The highest BCUT2D eigenvalue weighted by molar-refractivity contribution is 5.62. The summed E-state index contributed by atoms with van der Waals surface area (Å²) in [6, 6.07) is 1.89. The number of aromatic nitrogens is 1. The molecule has 0 amide bonds. The molecule has 1 rings (SSSR count). The Morgan fingerprint density at radius 2 is 2.27 bits per heavy atom. The summed E-state index contributed by atoms with van der Waals surface area (Å²) in [4.78, 5) is 3.95. The van der Waals surface area contributed by atoms with Gasteiger partial charge in [0, 0.05) is 12.4 Å². The SMILES string of the molecule is C=Cc1cnccc1/C=C/N. The normalized spacial score (nSPS) is 10.2. The van der Waals surface area contributed by atoms with Gasteiger partial charge in [0.15, 0.2) is 0 Å². The van der Waals surface area contributed by atoms with Crippen LogP contribution in [0.4, 0.5) is 0 Å². The maximum Gasteiger partial charge on any atom is 0.0346 e. The molecule has 1 aromatic rings. The van der Waals surface area contributed by atoms with Gasteiger partial charge in [-0.2, -0.15) is 0 Å². The summed E-state index contributed by atoms with van der Waals surface area (Å²) in [5, 5.41) is 0. The molecule has 0 bridgehead atoms. The summed E-state index contributed by atoms with van der Waals surface area (Å²) in [6.07, 6.45) is 8.55. The van der Waals surface area contributed by atoms with Crippen molar-refractivity contribution < 1.29 is 0 Å². The fourth-order valence-electron chi connectivity index (χ4n) is 0.843. The van der Waals surface area contributed by atoms with Crippen LogP contribution in [-0.4, -0.2) is 4.98 Å². The van der Waals surface area contributed by atoms with Crippen LogP contribution in [0.3, 0.4) is 0 Å². The second kappa shape index (κ2) is 3.56. The molecule has 0 aliphatic heterocycles. The average molecular weight is 146 g/mol. The predicted molar refractivity (Wildman–Crippen MR) is 47.5 cm³/mol. The first-order valence-electron chi connectivity index (χ1n) is 3.33. The van der Waals surface area contributed by atoms with Gasteiger partial charge in [-0.15, -0.1) is 0 Å². The molecule has 1 heterocycles. The summed E-state index contributed by atoms with van der Waals surface area (Å²) in [5.41, 5.74) is 7.28. The first kappa shape index (κ1) is 7.54. The van der Waals surface area contributed by atoms with Crippen molar-refractivity contribution in [2.45, 2.75) is 0 Å². The van der Waals surface area contributed by atoms with Gasteiger partial charge in [0.2, 0.25) is 0 Å². The quantitative estimate of drug-likeness (QED) is 0.689. The smallest absolute Gasteiger partial charge is 0.0346 e. The van der Waals surface area contributed by atoms with Crippen LogP contribution in [0, 0.1) is 0 Å². The minimum atomic E-state index is 0.995. The second-order valence-corrected chi connectivity index (χ2v) is 2.07. The van der Waals surface area contributed by atoms with E-state index in [4.69, 9.17) is 5.73 Å². The summed E-state index contributed by atoms with van der Waals surface area (Å²) in [5.74, 6) is 0. The molecule has 2 heteroatoms. The van der Waals surface area contributed by atoms with Gasteiger partial charge in [0.1, 0.15) is 0 Å². The van der Waals surface area contributed by atoms with E-state index in [9.17, 15) is 0 Å². The predicted octanol–water partition coefficient (Wildman–Crippen LogP) is 1.65. The maximum absolute atomic E-state index is 5.25. The third-order valence-corrected chi connectivity index (χ3v) is 1.38. The molecule has 0 unspecified atom stereocenters. The highest BCUT2D eigenvalue weighted by Crippen LogP contribution is 2.08. The standard InChI is InChI=1S/C9H10N2/c1-2-8-7-11-6-4-9(8)3-5-10/h2-7H,1,10H2/b5-3+. The molecule has 0 saturated heterocycles. The first-order chi connectivity index (χ1) is 5.38. The Morgan fingerprint density at radius 3 is 2.91 bits per heavy atom. The van der Waals surface area contributed by atoms with E-state index in [1.54, 1.807) is 18.5 Å². The number of pyridine rings is 1. The summed E-state index contributed by atoms with van der Waals surface area (Å²) in [7, 11) is 0. The van der Waals surface area contributed by atoms with Gasteiger partial charge < -0.3 is 5.73 Å². The van der Waals surface area contributed by atoms with E-state index in [1.807, 2.05) is 12.1 Å². The van der Waals surface area contributed by atoms with E-state index in [2.05, 4.69) is 11.6 Å². The Hall–Kier alpha value is -1.57. The van der Waals surface area contributed by atoms with Crippen molar-refractivity contribution in [3.63, 3.8) is 0 Å². The van der Waals surface area contributed by atoms with Crippen molar-refractivity contribution in [3.8, 4) is 0 Å². The van der Waals surface area contributed by atoms with Gasteiger partial charge >= 0.3 is 0 Å². The van der Waals surface area contributed by atoms with Crippen molar-refractivity contribution in [2.75, 3.05) is 0 Å². The van der Waals surface area contributed by atoms with Crippen molar-refractivity contribution in [1.29, 1.82) is 0 Å². The third kappa shape index (κ3) is 1.67. The molecule has 0 aliphatic carbocycles. The van der Waals surface area contributed by atoms with Gasteiger partial charge in [-0.1, -0.05) is 12.7 Å². The topological polar surface area (TPSA) is 38.9 Å². The highest BCUT2D eigenvalue weighted by atomic mass is 14.6. The largest absolute Gasteiger partial charge is 0.405 e. The van der Waals surface area contributed by atoms with Gasteiger partial charge in [-0.25, -0.2) is 0 Å². The van der Waals surface area contributed by atoms with Crippen molar-refractivity contribution >= 4 is 12.2 Å². The average Bonchev–Trinajstić information content (AvgIpc) is 2.06. The molecule has 56 valence electrons. The van der Waals surface area contributed by atoms with Crippen LogP contribution >= 0.6 is 0 Å². The molecular formula is C9H10N2. The lowest BCUT2D eigenvalue weighted by atomic mass is 10.1. The number of hydrogen-bond donors (Lipinski definition) is 1. The van der Waals surface area contributed by atoms with E-state index < -0.39 is 0 Å². The van der Waals surface area contributed by atoms with Crippen LogP contribution < -0.4 is 5.73 Å². The molecule has 2 N–H and O–H groups in total. The van der Waals surface area contributed by atoms with E-state index in [1.165, 1.54) is 6.20 Å². The molecule has 0 aliphatic rings. The van der Waals surface area contributed by atoms with Gasteiger partial charge in [-0.3, -0.25) is 4.98 Å². The minimum absolute atomic E-state index is 0.995. The first-order valence-corrected chi connectivity index (χ1v) is 3.33. The molecule has 0 spiro atoms. The zero-order valence-corrected chi connectivity index (χ0v) is 6.20. The Morgan fingerprint density at radius 1 is 1.45 bits per heavy atom. The summed E-state index contributed by atoms with van der Waals surface area (Å²) < 4.78 is 0. The molecule has 0 aromatic carbocycles. The van der Waals surface area contributed by atoms with E-state index in [-0.39, 0.29) is 0 Å².